The maximum atomic E-state index is 13.3. The van der Waals surface area contributed by atoms with Crippen molar-refractivity contribution < 1.29 is 13.2 Å². The second kappa shape index (κ2) is 8.88. The van der Waals surface area contributed by atoms with Gasteiger partial charge in [-0.25, -0.2) is 0 Å². The first kappa shape index (κ1) is 20.6. The number of anilines is 2. The lowest BCUT2D eigenvalue weighted by Crippen LogP contribution is -2.29. The van der Waals surface area contributed by atoms with Crippen molar-refractivity contribution in [1.29, 1.82) is 0 Å². The molecule has 3 rings (SSSR count). The van der Waals surface area contributed by atoms with E-state index in [4.69, 9.17) is 0 Å². The molecule has 0 aromatic heterocycles. The van der Waals surface area contributed by atoms with Gasteiger partial charge >= 0.3 is 6.18 Å². The van der Waals surface area contributed by atoms with Gasteiger partial charge in [-0.2, -0.15) is 13.2 Å². The van der Waals surface area contributed by atoms with E-state index in [0.717, 1.165) is 47.6 Å². The molecule has 1 aliphatic rings. The molecule has 0 N–H and O–H groups in total. The summed E-state index contributed by atoms with van der Waals surface area (Å²) in [7, 11) is 0. The predicted octanol–water partition coefficient (Wildman–Crippen LogP) is 6.37. The summed E-state index contributed by atoms with van der Waals surface area (Å²) in [5, 5.41) is 0. The Morgan fingerprint density at radius 2 is 1.64 bits per heavy atom. The van der Waals surface area contributed by atoms with Gasteiger partial charge < -0.3 is 4.90 Å². The first-order chi connectivity index (χ1) is 13.4. The zero-order valence-corrected chi connectivity index (χ0v) is 16.4. The van der Waals surface area contributed by atoms with Gasteiger partial charge in [-0.1, -0.05) is 36.0 Å². The Kier molecular flexibility index (Phi) is 6.52. The zero-order valence-electron chi connectivity index (χ0n) is 15.6. The molecular formula is C22H23F3N2S. The van der Waals surface area contributed by atoms with Gasteiger partial charge in [0.05, 0.1) is 16.9 Å². The normalized spacial score (nSPS) is 13.2. The monoisotopic (exact) mass is 404 g/mol. The maximum absolute atomic E-state index is 13.3. The molecule has 28 heavy (non-hydrogen) atoms. The van der Waals surface area contributed by atoms with Gasteiger partial charge in [0.1, 0.15) is 0 Å². The van der Waals surface area contributed by atoms with Crippen molar-refractivity contribution in [2.75, 3.05) is 31.1 Å². The average molecular weight is 405 g/mol. The van der Waals surface area contributed by atoms with Crippen LogP contribution >= 0.6 is 11.8 Å². The largest absolute Gasteiger partial charge is 0.416 e. The molecule has 0 unspecified atom stereocenters. The van der Waals surface area contributed by atoms with Crippen LogP contribution in [0.2, 0.25) is 0 Å². The smallest absolute Gasteiger partial charge is 0.340 e. The number of para-hydroxylation sites is 1. The number of halogens is 3. The summed E-state index contributed by atoms with van der Waals surface area (Å²) < 4.78 is 39.8. The number of alkyl halides is 3. The Hall–Kier alpha value is -2.18. The number of hydrogen-bond acceptors (Lipinski definition) is 3. The van der Waals surface area contributed by atoms with E-state index in [-0.39, 0.29) is 0 Å². The van der Waals surface area contributed by atoms with E-state index < -0.39 is 11.7 Å². The minimum Gasteiger partial charge on any atom is -0.340 e. The lowest BCUT2D eigenvalue weighted by Gasteiger charge is -2.34. The molecule has 0 bridgehead atoms. The van der Waals surface area contributed by atoms with Crippen LogP contribution in [-0.2, 0) is 6.18 Å². The molecule has 0 spiro atoms. The minimum absolute atomic E-state index is 0.615. The highest BCUT2D eigenvalue weighted by Crippen LogP contribution is 2.49. The van der Waals surface area contributed by atoms with Gasteiger partial charge in [0.15, 0.2) is 0 Å². The molecule has 0 radical (unpaired) electrons. The second-order valence-corrected chi connectivity index (χ2v) is 7.68. The summed E-state index contributed by atoms with van der Waals surface area (Å²) in [4.78, 5) is 6.12. The molecule has 1 heterocycles. The Labute approximate surface area is 168 Å². The molecule has 0 amide bonds. The van der Waals surface area contributed by atoms with E-state index in [1.807, 2.05) is 41.3 Å². The predicted molar refractivity (Wildman–Crippen MR) is 110 cm³/mol. The van der Waals surface area contributed by atoms with Crippen LogP contribution < -0.4 is 4.90 Å². The summed E-state index contributed by atoms with van der Waals surface area (Å²) in [6, 6.07) is 11.9. The highest BCUT2D eigenvalue weighted by molar-refractivity contribution is 7.99. The van der Waals surface area contributed by atoms with Crippen LogP contribution in [-0.4, -0.2) is 31.1 Å². The average Bonchev–Trinajstić information content (AvgIpc) is 2.66. The van der Waals surface area contributed by atoms with Crippen LogP contribution in [0.15, 0.2) is 77.6 Å². The maximum Gasteiger partial charge on any atom is 0.416 e. The SMILES string of the molecule is C=CCN(CC=C)CCCN1c2ccccc2Sc2ccc(C(F)(F)F)cc21. The molecule has 2 aromatic carbocycles. The third kappa shape index (κ3) is 4.62. The van der Waals surface area contributed by atoms with Crippen molar-refractivity contribution in [2.45, 2.75) is 22.4 Å². The van der Waals surface area contributed by atoms with E-state index >= 15 is 0 Å². The lowest BCUT2D eigenvalue weighted by atomic mass is 10.1. The van der Waals surface area contributed by atoms with Crippen LogP contribution in [0.5, 0.6) is 0 Å². The topological polar surface area (TPSA) is 6.48 Å². The van der Waals surface area contributed by atoms with Crippen molar-refractivity contribution in [3.05, 3.63) is 73.3 Å². The third-order valence-electron chi connectivity index (χ3n) is 4.58. The van der Waals surface area contributed by atoms with Crippen LogP contribution in [0.3, 0.4) is 0 Å². The first-order valence-corrected chi connectivity index (χ1v) is 9.95. The van der Waals surface area contributed by atoms with E-state index in [9.17, 15) is 13.2 Å². The number of hydrogen-bond donors (Lipinski definition) is 0. The number of fused-ring (bicyclic) bond motifs is 2. The fourth-order valence-electron chi connectivity index (χ4n) is 3.32. The first-order valence-electron chi connectivity index (χ1n) is 9.14. The molecule has 2 nitrogen and oxygen atoms in total. The quantitative estimate of drug-likeness (QED) is 0.472. The Balaban J connectivity index is 1.87. The van der Waals surface area contributed by atoms with Gasteiger partial charge in [0, 0.05) is 36.0 Å². The Morgan fingerprint density at radius 3 is 2.32 bits per heavy atom. The minimum atomic E-state index is -4.35. The zero-order chi connectivity index (χ0) is 20.1. The molecule has 0 atom stereocenters. The third-order valence-corrected chi connectivity index (χ3v) is 5.71. The van der Waals surface area contributed by atoms with Crippen molar-refractivity contribution in [3.8, 4) is 0 Å². The fourth-order valence-corrected chi connectivity index (χ4v) is 4.40. The van der Waals surface area contributed by atoms with E-state index in [1.165, 1.54) is 17.8 Å². The molecule has 0 saturated heterocycles. The van der Waals surface area contributed by atoms with Gasteiger partial charge in [-0.3, -0.25) is 4.90 Å². The standard InChI is InChI=1S/C22H23F3N2S/c1-3-12-26(13-4-2)14-7-15-27-18-8-5-6-9-20(18)28-21-11-10-17(16-19(21)27)22(23,24)25/h3-6,8-11,16H,1-2,7,12-15H2. The highest BCUT2D eigenvalue weighted by Gasteiger charge is 2.33. The van der Waals surface area contributed by atoms with Crippen molar-refractivity contribution >= 4 is 23.1 Å². The van der Waals surface area contributed by atoms with E-state index in [1.54, 1.807) is 6.07 Å². The van der Waals surface area contributed by atoms with Crippen LogP contribution in [0.1, 0.15) is 12.0 Å². The summed E-state index contributed by atoms with van der Waals surface area (Å²) >= 11 is 1.52. The molecule has 0 fully saturated rings. The molecule has 0 aliphatic carbocycles. The molecule has 6 heteroatoms. The van der Waals surface area contributed by atoms with Crippen molar-refractivity contribution in [2.24, 2.45) is 0 Å². The number of benzene rings is 2. The summed E-state index contributed by atoms with van der Waals surface area (Å²) in [5.41, 5.74) is 0.965. The summed E-state index contributed by atoms with van der Waals surface area (Å²) in [6.45, 7) is 10.5. The van der Waals surface area contributed by atoms with E-state index in [0.29, 0.717) is 12.2 Å². The van der Waals surface area contributed by atoms with Gasteiger partial charge in [0.25, 0.3) is 0 Å². The van der Waals surface area contributed by atoms with Crippen molar-refractivity contribution in [3.63, 3.8) is 0 Å². The Bertz CT molecular complexity index is 838. The second-order valence-electron chi connectivity index (χ2n) is 6.59. The van der Waals surface area contributed by atoms with Crippen LogP contribution in [0.25, 0.3) is 0 Å². The Morgan fingerprint density at radius 1 is 0.964 bits per heavy atom. The molecule has 2 aromatic rings. The molecule has 0 saturated carbocycles. The van der Waals surface area contributed by atoms with Crippen LogP contribution in [0, 0.1) is 0 Å². The number of rotatable bonds is 8. The van der Waals surface area contributed by atoms with Gasteiger partial charge in [-0.05, 0) is 36.8 Å². The molecule has 148 valence electrons. The summed E-state index contributed by atoms with van der Waals surface area (Å²) in [5.74, 6) is 0. The lowest BCUT2D eigenvalue weighted by molar-refractivity contribution is -0.137. The number of nitrogens with zero attached hydrogens (tertiary/aromatic N) is 2. The molecular weight excluding hydrogens is 381 g/mol. The van der Waals surface area contributed by atoms with Gasteiger partial charge in [0.2, 0.25) is 0 Å². The fraction of sp³-hybridized carbons (Fsp3) is 0.273. The van der Waals surface area contributed by atoms with Crippen LogP contribution in [0.4, 0.5) is 24.5 Å². The van der Waals surface area contributed by atoms with Gasteiger partial charge in [-0.15, -0.1) is 13.2 Å². The van der Waals surface area contributed by atoms with E-state index in [2.05, 4.69) is 18.1 Å². The highest BCUT2D eigenvalue weighted by atomic mass is 32.2. The molecule has 1 aliphatic heterocycles. The van der Waals surface area contributed by atoms with Crippen molar-refractivity contribution in [1.82, 2.24) is 4.90 Å². The summed E-state index contributed by atoms with van der Waals surface area (Å²) in [6.07, 6.45) is 0.159.